The molecule has 0 aliphatic heterocycles. The normalized spacial score (nSPS) is 8.10. The van der Waals surface area contributed by atoms with Gasteiger partial charge in [0.05, 0.1) is 0 Å². The first-order chi connectivity index (χ1) is 9.23. The van der Waals surface area contributed by atoms with Gasteiger partial charge in [-0.2, -0.15) is 0 Å². The number of rotatable bonds is 2. The predicted octanol–water partition coefficient (Wildman–Crippen LogP) is 2.71. The molecule has 0 aliphatic carbocycles. The summed E-state index contributed by atoms with van der Waals surface area (Å²) in [4.78, 5) is 21.8. The fourth-order valence-corrected chi connectivity index (χ4v) is 0.969. The Morgan fingerprint density at radius 1 is 0.650 bits per heavy atom. The van der Waals surface area contributed by atoms with Crippen molar-refractivity contribution in [2.24, 2.45) is 0 Å². The molecule has 0 spiro atoms. The van der Waals surface area contributed by atoms with Crippen LogP contribution in [0.15, 0.2) is 22.7 Å². The van der Waals surface area contributed by atoms with Gasteiger partial charge in [-0.1, -0.05) is 0 Å². The number of esters is 2. The van der Waals surface area contributed by atoms with Gasteiger partial charge in [-0.25, -0.2) is 0 Å². The van der Waals surface area contributed by atoms with Gasteiger partial charge in [-0.05, 0) is 62.5 Å². The quantitative estimate of drug-likeness (QED) is 0.441. The Morgan fingerprint density at radius 2 is 0.950 bits per heavy atom. The van der Waals surface area contributed by atoms with Crippen LogP contribution < -0.4 is 0 Å². The van der Waals surface area contributed by atoms with E-state index in [0.717, 1.165) is 11.1 Å². The highest BCUT2D eigenvalue weighted by molar-refractivity contribution is 5.69. The van der Waals surface area contributed by atoms with Crippen molar-refractivity contribution in [1.29, 1.82) is 0 Å². The topological polar surface area (TPSA) is 52.6 Å². The van der Waals surface area contributed by atoms with E-state index < -0.39 is 11.9 Å². The highest BCUT2D eigenvalue weighted by Gasteiger charge is 2.01. The zero-order chi connectivity index (χ0) is 15.7. The van der Waals surface area contributed by atoms with Crippen molar-refractivity contribution in [3.8, 4) is 23.7 Å². The molecule has 4 nitrogen and oxygen atoms in total. The zero-order valence-electron chi connectivity index (χ0n) is 12.6. The van der Waals surface area contributed by atoms with Gasteiger partial charge in [0.15, 0.2) is 11.5 Å². The second-order valence-electron chi connectivity index (χ2n) is 4.35. The lowest BCUT2D eigenvalue weighted by Crippen LogP contribution is -1.99. The molecule has 0 fully saturated rings. The fourth-order valence-electron chi connectivity index (χ4n) is 0.969. The van der Waals surface area contributed by atoms with Gasteiger partial charge in [0, 0.05) is 13.8 Å². The van der Waals surface area contributed by atoms with Crippen LogP contribution in [0.4, 0.5) is 0 Å². The molecule has 0 atom stereocenters. The first kappa shape index (κ1) is 17.5. The number of carbonyl (C=O) groups is 2. The molecule has 0 heterocycles. The molecule has 0 radical (unpaired) electrons. The minimum absolute atomic E-state index is 0.276. The molecule has 20 heavy (non-hydrogen) atoms. The Labute approximate surface area is 119 Å². The highest BCUT2D eigenvalue weighted by Crippen LogP contribution is 2.05. The molecular weight excluding hydrogens is 256 g/mol. The van der Waals surface area contributed by atoms with Crippen LogP contribution in [0.1, 0.15) is 41.5 Å². The van der Waals surface area contributed by atoms with Gasteiger partial charge in [0.25, 0.3) is 0 Å². The fraction of sp³-hybridized carbons (Fsp3) is 0.375. The van der Waals surface area contributed by atoms with Crippen molar-refractivity contribution in [3.05, 3.63) is 22.7 Å². The van der Waals surface area contributed by atoms with Crippen molar-refractivity contribution >= 4 is 11.9 Å². The van der Waals surface area contributed by atoms with E-state index in [1.165, 1.54) is 13.8 Å². The van der Waals surface area contributed by atoms with Gasteiger partial charge in [0.1, 0.15) is 0 Å². The van der Waals surface area contributed by atoms with Crippen LogP contribution >= 0.6 is 0 Å². The van der Waals surface area contributed by atoms with E-state index in [2.05, 4.69) is 23.7 Å². The molecule has 0 aliphatic rings. The summed E-state index contributed by atoms with van der Waals surface area (Å²) in [5.74, 6) is 10.1. The SMILES string of the molecule is CC(=O)OC(C#CC#CC(OC(C)=O)=C(C)C)=C(C)C. The van der Waals surface area contributed by atoms with E-state index in [1.807, 2.05) is 0 Å². The third-order valence-electron chi connectivity index (χ3n) is 1.81. The molecule has 0 amide bonds. The molecule has 0 aromatic carbocycles. The van der Waals surface area contributed by atoms with Crippen LogP contribution in [-0.2, 0) is 19.1 Å². The Kier molecular flexibility index (Phi) is 7.55. The maximum absolute atomic E-state index is 10.9. The van der Waals surface area contributed by atoms with Gasteiger partial charge >= 0.3 is 11.9 Å². The number of ether oxygens (including phenoxy) is 2. The summed E-state index contributed by atoms with van der Waals surface area (Å²) < 4.78 is 9.87. The molecule has 0 aromatic rings. The summed E-state index contributed by atoms with van der Waals surface area (Å²) in [5.41, 5.74) is 1.55. The average Bonchev–Trinajstić information content (AvgIpc) is 2.29. The summed E-state index contributed by atoms with van der Waals surface area (Å²) in [6.07, 6.45) is 0. The predicted molar refractivity (Wildman–Crippen MR) is 75.8 cm³/mol. The molecule has 0 unspecified atom stereocenters. The largest absolute Gasteiger partial charge is 0.417 e. The first-order valence-electron chi connectivity index (χ1n) is 5.97. The van der Waals surface area contributed by atoms with Gasteiger partial charge in [-0.3, -0.25) is 9.59 Å². The molecule has 0 N–H and O–H groups in total. The standard InChI is InChI=1S/C16H18O4/c1-11(2)15(19-13(5)17)9-7-8-10-16(12(3)4)20-14(6)18/h1-6H3. The van der Waals surface area contributed by atoms with Crippen molar-refractivity contribution in [2.45, 2.75) is 41.5 Å². The molecular formula is C16H18O4. The number of carbonyl (C=O) groups excluding carboxylic acids is 2. The lowest BCUT2D eigenvalue weighted by atomic mass is 10.3. The lowest BCUT2D eigenvalue weighted by molar-refractivity contribution is -0.137. The maximum Gasteiger partial charge on any atom is 0.308 e. The van der Waals surface area contributed by atoms with Gasteiger partial charge in [0.2, 0.25) is 0 Å². The molecule has 0 rings (SSSR count). The van der Waals surface area contributed by atoms with Crippen LogP contribution in [-0.4, -0.2) is 11.9 Å². The van der Waals surface area contributed by atoms with Gasteiger partial charge < -0.3 is 9.47 Å². The molecule has 0 saturated heterocycles. The van der Waals surface area contributed by atoms with E-state index in [0.29, 0.717) is 0 Å². The molecule has 0 saturated carbocycles. The number of hydrogen-bond donors (Lipinski definition) is 0. The lowest BCUT2D eigenvalue weighted by Gasteiger charge is -2.01. The molecule has 0 bridgehead atoms. The van der Waals surface area contributed by atoms with E-state index in [-0.39, 0.29) is 11.5 Å². The van der Waals surface area contributed by atoms with E-state index >= 15 is 0 Å². The first-order valence-corrected chi connectivity index (χ1v) is 5.97. The maximum atomic E-state index is 10.9. The summed E-state index contributed by atoms with van der Waals surface area (Å²) in [6.45, 7) is 9.72. The molecule has 4 heteroatoms. The Bertz CT molecular complexity index is 521. The minimum Gasteiger partial charge on any atom is -0.417 e. The highest BCUT2D eigenvalue weighted by atomic mass is 16.5. The zero-order valence-corrected chi connectivity index (χ0v) is 12.6. The second-order valence-corrected chi connectivity index (χ2v) is 4.35. The smallest absolute Gasteiger partial charge is 0.308 e. The van der Waals surface area contributed by atoms with Crippen LogP contribution in [0, 0.1) is 23.7 Å². The van der Waals surface area contributed by atoms with Crippen molar-refractivity contribution in [1.82, 2.24) is 0 Å². The average molecular weight is 274 g/mol. The van der Waals surface area contributed by atoms with Crippen LogP contribution in [0.3, 0.4) is 0 Å². The van der Waals surface area contributed by atoms with E-state index in [9.17, 15) is 9.59 Å². The summed E-state index contributed by atoms with van der Waals surface area (Å²) >= 11 is 0. The van der Waals surface area contributed by atoms with Crippen molar-refractivity contribution in [2.75, 3.05) is 0 Å². The van der Waals surface area contributed by atoms with Crippen LogP contribution in [0.5, 0.6) is 0 Å². The second kappa shape index (κ2) is 8.61. The number of allylic oxidation sites excluding steroid dienone is 4. The van der Waals surface area contributed by atoms with Gasteiger partial charge in [-0.15, -0.1) is 0 Å². The van der Waals surface area contributed by atoms with E-state index in [4.69, 9.17) is 9.47 Å². The van der Waals surface area contributed by atoms with Crippen molar-refractivity contribution in [3.63, 3.8) is 0 Å². The summed E-state index contributed by atoms with van der Waals surface area (Å²) in [7, 11) is 0. The minimum atomic E-state index is -0.437. The Morgan fingerprint density at radius 3 is 1.15 bits per heavy atom. The van der Waals surface area contributed by atoms with Crippen LogP contribution in [0.25, 0.3) is 0 Å². The Balaban J connectivity index is 5.12. The molecule has 0 aromatic heterocycles. The third kappa shape index (κ3) is 7.79. The monoisotopic (exact) mass is 274 g/mol. The number of hydrogen-bond acceptors (Lipinski definition) is 4. The van der Waals surface area contributed by atoms with Crippen LogP contribution in [0.2, 0.25) is 0 Å². The summed E-state index contributed by atoms with van der Waals surface area (Å²) in [5, 5.41) is 0. The van der Waals surface area contributed by atoms with E-state index in [1.54, 1.807) is 27.7 Å². The third-order valence-corrected chi connectivity index (χ3v) is 1.81. The molecule has 106 valence electrons. The Hall–Kier alpha value is -2.46. The van der Waals surface area contributed by atoms with Crippen molar-refractivity contribution < 1.29 is 19.1 Å². The summed E-state index contributed by atoms with van der Waals surface area (Å²) in [6, 6.07) is 0.